The van der Waals surface area contributed by atoms with Crippen LogP contribution in [0.2, 0.25) is 0 Å². The Bertz CT molecular complexity index is 348. The van der Waals surface area contributed by atoms with Gasteiger partial charge >= 0.3 is 5.97 Å². The molecule has 7 nitrogen and oxygen atoms in total. The summed E-state index contributed by atoms with van der Waals surface area (Å²) >= 11 is 0. The van der Waals surface area contributed by atoms with Crippen LogP contribution in [0.5, 0.6) is 0 Å². The zero-order valence-electron chi connectivity index (χ0n) is 12.7. The highest BCUT2D eigenvalue weighted by molar-refractivity contribution is 5.84. The van der Waals surface area contributed by atoms with Crippen LogP contribution >= 0.6 is 0 Å². The lowest BCUT2D eigenvalue weighted by atomic mass is 9.70. The van der Waals surface area contributed by atoms with Crippen LogP contribution in [-0.4, -0.2) is 71.1 Å². The van der Waals surface area contributed by atoms with Gasteiger partial charge in [0.05, 0.1) is 33.4 Å². The smallest absolute Gasteiger partial charge is 0.316 e. The number of likely N-dealkylation sites (N-methyl/N-ethyl adjacent to an activating group) is 1. The first-order valence-corrected chi connectivity index (χ1v) is 6.46. The molecule has 0 bridgehead atoms. The maximum Gasteiger partial charge on any atom is 0.316 e. The van der Waals surface area contributed by atoms with Crippen LogP contribution in [0.4, 0.5) is 0 Å². The summed E-state index contributed by atoms with van der Waals surface area (Å²) in [5.41, 5.74) is -1.81. The molecule has 0 saturated carbocycles. The summed E-state index contributed by atoms with van der Waals surface area (Å²) < 4.78 is -0.186. The lowest BCUT2D eigenvalue weighted by molar-refractivity contribution is -0.896. The molecule has 118 valence electrons. The number of carbonyl (C=O) groups excluding carboxylic acids is 1. The van der Waals surface area contributed by atoms with E-state index in [-0.39, 0.29) is 17.3 Å². The summed E-state index contributed by atoms with van der Waals surface area (Å²) in [6.07, 6.45) is -2.58. The number of rotatable bonds is 8. The molecule has 0 aliphatic carbocycles. The van der Waals surface area contributed by atoms with Crippen molar-refractivity contribution >= 4 is 11.9 Å². The third-order valence-corrected chi connectivity index (χ3v) is 3.27. The minimum atomic E-state index is -1.81. The van der Waals surface area contributed by atoms with Crippen molar-refractivity contribution in [2.24, 2.45) is 5.41 Å². The van der Waals surface area contributed by atoms with Gasteiger partial charge in [-0.25, -0.2) is 0 Å². The van der Waals surface area contributed by atoms with E-state index in [0.717, 1.165) is 0 Å². The molecule has 0 aliphatic heterocycles. The fourth-order valence-corrected chi connectivity index (χ4v) is 2.94. The van der Waals surface area contributed by atoms with Crippen LogP contribution in [0.25, 0.3) is 0 Å². The lowest BCUT2D eigenvalue weighted by Crippen LogP contribution is -2.66. The Morgan fingerprint density at radius 2 is 1.45 bits per heavy atom. The first kappa shape index (κ1) is 18.8. The maximum atomic E-state index is 11.8. The fraction of sp³-hybridized carbons (Fsp3) is 0.846. The first-order chi connectivity index (χ1) is 8.84. The SMILES string of the molecule is CC(O)CC(CC(C)O)(C(=O)O)C(C(=O)[O-])[N+](C)(C)C. The summed E-state index contributed by atoms with van der Waals surface area (Å²) in [7, 11) is 4.63. The number of hydrogen-bond donors (Lipinski definition) is 3. The number of carbonyl (C=O) groups is 2. The lowest BCUT2D eigenvalue weighted by Gasteiger charge is -2.46. The monoisotopic (exact) mass is 291 g/mol. The van der Waals surface area contributed by atoms with Gasteiger partial charge in [0, 0.05) is 0 Å². The number of carboxylic acid groups (broad SMARTS) is 2. The minimum absolute atomic E-state index is 0.186. The third kappa shape index (κ3) is 4.43. The highest BCUT2D eigenvalue weighted by Gasteiger charge is 2.54. The first-order valence-electron chi connectivity index (χ1n) is 6.46. The van der Waals surface area contributed by atoms with Crippen molar-refractivity contribution in [3.63, 3.8) is 0 Å². The van der Waals surface area contributed by atoms with Gasteiger partial charge in [-0.2, -0.15) is 0 Å². The summed E-state index contributed by atoms with van der Waals surface area (Å²) in [6.45, 7) is 2.78. The van der Waals surface area contributed by atoms with Crippen LogP contribution in [0.15, 0.2) is 0 Å². The van der Waals surface area contributed by atoms with E-state index in [1.165, 1.54) is 13.8 Å². The largest absolute Gasteiger partial charge is 0.544 e. The third-order valence-electron chi connectivity index (χ3n) is 3.27. The second-order valence-corrected chi connectivity index (χ2v) is 6.41. The van der Waals surface area contributed by atoms with Gasteiger partial charge in [0.15, 0.2) is 0 Å². The molecule has 0 saturated heterocycles. The summed E-state index contributed by atoms with van der Waals surface area (Å²) in [4.78, 5) is 23.3. The Morgan fingerprint density at radius 3 is 1.60 bits per heavy atom. The number of quaternary nitrogens is 1. The van der Waals surface area contributed by atoms with Crippen molar-refractivity contribution in [1.29, 1.82) is 0 Å². The van der Waals surface area contributed by atoms with E-state index < -0.39 is 35.6 Å². The van der Waals surface area contributed by atoms with Gasteiger partial charge in [-0.3, -0.25) is 4.79 Å². The second kappa shape index (κ2) is 6.51. The predicted molar refractivity (Wildman–Crippen MR) is 69.5 cm³/mol. The average Bonchev–Trinajstić information content (AvgIpc) is 2.10. The summed E-state index contributed by atoms with van der Waals surface area (Å²) in [5, 5.41) is 40.2. The standard InChI is InChI=1S/C13H25NO6/c1-8(15)6-13(12(19)20,7-9(2)16)10(11(17)18)14(3,4)5/h8-10,15-16H,6-7H2,1-5H3,(H-,17,18,19,20). The molecule has 0 aromatic carbocycles. The Hall–Kier alpha value is -1.18. The Kier molecular flexibility index (Phi) is 6.13. The highest BCUT2D eigenvalue weighted by Crippen LogP contribution is 2.38. The fourth-order valence-electron chi connectivity index (χ4n) is 2.94. The Labute approximate surface area is 119 Å². The minimum Gasteiger partial charge on any atom is -0.544 e. The molecule has 3 unspecified atom stereocenters. The van der Waals surface area contributed by atoms with Crippen LogP contribution in [0.1, 0.15) is 26.7 Å². The number of carboxylic acids is 2. The molecule has 0 aliphatic rings. The number of nitrogens with zero attached hydrogens (tertiary/aromatic N) is 1. The van der Waals surface area contributed by atoms with Crippen molar-refractivity contribution in [2.45, 2.75) is 44.9 Å². The van der Waals surface area contributed by atoms with E-state index in [1.54, 1.807) is 21.1 Å². The van der Waals surface area contributed by atoms with Gasteiger partial charge in [0.25, 0.3) is 0 Å². The van der Waals surface area contributed by atoms with Crippen LogP contribution in [0, 0.1) is 5.41 Å². The van der Waals surface area contributed by atoms with E-state index in [0.29, 0.717) is 0 Å². The van der Waals surface area contributed by atoms with Crippen molar-refractivity contribution in [2.75, 3.05) is 21.1 Å². The van der Waals surface area contributed by atoms with Crippen LogP contribution < -0.4 is 5.11 Å². The molecule has 20 heavy (non-hydrogen) atoms. The number of aliphatic hydroxyl groups is 2. The van der Waals surface area contributed by atoms with Gasteiger partial charge in [-0.15, -0.1) is 0 Å². The molecule has 0 spiro atoms. The molecule has 0 rings (SSSR count). The molecular weight excluding hydrogens is 266 g/mol. The number of aliphatic hydroxyl groups excluding tert-OH is 2. The molecule has 0 aromatic heterocycles. The molecule has 3 N–H and O–H groups in total. The molecular formula is C13H25NO6. The van der Waals surface area contributed by atoms with Gasteiger partial charge < -0.3 is 29.7 Å². The Morgan fingerprint density at radius 1 is 1.10 bits per heavy atom. The van der Waals surface area contributed by atoms with Gasteiger partial charge in [-0.1, -0.05) is 0 Å². The second-order valence-electron chi connectivity index (χ2n) is 6.41. The van der Waals surface area contributed by atoms with Crippen molar-refractivity contribution in [3.8, 4) is 0 Å². The zero-order valence-corrected chi connectivity index (χ0v) is 12.7. The van der Waals surface area contributed by atoms with Crippen molar-refractivity contribution < 1.29 is 34.5 Å². The van der Waals surface area contributed by atoms with E-state index in [9.17, 15) is 30.0 Å². The maximum absolute atomic E-state index is 11.8. The predicted octanol–water partition coefficient (Wildman–Crippen LogP) is -1.58. The summed E-state index contributed by atoms with van der Waals surface area (Å²) in [5.74, 6) is -2.87. The highest BCUT2D eigenvalue weighted by atomic mass is 16.4. The zero-order chi connectivity index (χ0) is 16.3. The van der Waals surface area contributed by atoms with Crippen LogP contribution in [0.3, 0.4) is 0 Å². The average molecular weight is 291 g/mol. The van der Waals surface area contributed by atoms with E-state index in [4.69, 9.17) is 0 Å². The Balaban J connectivity index is 6.01. The van der Waals surface area contributed by atoms with Crippen molar-refractivity contribution in [1.82, 2.24) is 0 Å². The molecule has 0 radical (unpaired) electrons. The molecule has 7 heteroatoms. The molecule has 0 fully saturated rings. The number of aliphatic carboxylic acids is 2. The normalized spacial score (nSPS) is 19.8. The van der Waals surface area contributed by atoms with Crippen LogP contribution in [-0.2, 0) is 9.59 Å². The van der Waals surface area contributed by atoms with E-state index in [2.05, 4.69) is 0 Å². The van der Waals surface area contributed by atoms with Gasteiger partial charge in [0.2, 0.25) is 0 Å². The topological polar surface area (TPSA) is 118 Å². The molecule has 0 heterocycles. The molecule has 0 aromatic rings. The molecule has 0 amide bonds. The van der Waals surface area contributed by atoms with Gasteiger partial charge in [-0.05, 0) is 26.7 Å². The van der Waals surface area contributed by atoms with Crippen molar-refractivity contribution in [3.05, 3.63) is 0 Å². The van der Waals surface area contributed by atoms with E-state index in [1.807, 2.05) is 0 Å². The summed E-state index contributed by atoms with van der Waals surface area (Å²) in [6, 6.07) is -1.40. The van der Waals surface area contributed by atoms with Gasteiger partial charge in [0.1, 0.15) is 17.4 Å². The van der Waals surface area contributed by atoms with E-state index >= 15 is 0 Å². The molecule has 3 atom stereocenters. The number of hydrogen-bond acceptors (Lipinski definition) is 5. The quantitative estimate of drug-likeness (QED) is 0.465.